The van der Waals surface area contributed by atoms with E-state index in [1.807, 2.05) is 0 Å². The van der Waals surface area contributed by atoms with E-state index in [0.29, 0.717) is 22.2 Å². The summed E-state index contributed by atoms with van der Waals surface area (Å²) in [5.41, 5.74) is 1.22. The van der Waals surface area contributed by atoms with E-state index in [-0.39, 0.29) is 35.1 Å². The number of esters is 1. The van der Waals surface area contributed by atoms with Gasteiger partial charge in [0.1, 0.15) is 12.4 Å². The Bertz CT molecular complexity index is 1210. The van der Waals surface area contributed by atoms with Crippen LogP contribution in [0.4, 0.5) is 11.4 Å². The lowest BCUT2D eigenvalue weighted by Gasteiger charge is -2.27. The van der Waals surface area contributed by atoms with Gasteiger partial charge in [0.2, 0.25) is 5.91 Å². The van der Waals surface area contributed by atoms with Crippen LogP contribution in [-0.4, -0.2) is 29.2 Å². The smallest absolute Gasteiger partial charge is 0.337 e. The van der Waals surface area contributed by atoms with Crippen LogP contribution in [0.1, 0.15) is 18.6 Å². The molecular weight excluding hydrogens is 460 g/mol. The Morgan fingerprint density at radius 3 is 2.71 bits per heavy atom. The van der Waals surface area contributed by atoms with Crippen LogP contribution in [0.15, 0.2) is 81.6 Å². The van der Waals surface area contributed by atoms with Crippen molar-refractivity contribution >= 4 is 35.0 Å². The molecular formula is C23H20N4O6S. The second-order valence-corrected chi connectivity index (χ2v) is 7.98. The Morgan fingerprint density at radius 1 is 1.38 bits per heavy atom. The number of nitro benzene ring substituents is 1. The topological polar surface area (TPSA) is 148 Å². The zero-order valence-electron chi connectivity index (χ0n) is 18.1. The molecule has 3 rings (SSSR count). The van der Waals surface area contributed by atoms with Crippen molar-refractivity contribution in [1.29, 1.82) is 5.26 Å². The molecule has 1 aromatic heterocycles. The Kier molecular flexibility index (Phi) is 7.89. The molecule has 34 heavy (non-hydrogen) atoms. The molecule has 1 amide bonds. The molecule has 0 bridgehead atoms. The van der Waals surface area contributed by atoms with Crippen molar-refractivity contribution in [2.24, 2.45) is 0 Å². The van der Waals surface area contributed by atoms with Crippen LogP contribution in [0.2, 0.25) is 0 Å². The molecule has 2 aromatic rings. The zero-order chi connectivity index (χ0) is 24.7. The van der Waals surface area contributed by atoms with Crippen LogP contribution in [0, 0.1) is 21.4 Å². The van der Waals surface area contributed by atoms with Gasteiger partial charge in [0.15, 0.2) is 0 Å². The lowest BCUT2D eigenvalue weighted by atomic mass is 9.86. The summed E-state index contributed by atoms with van der Waals surface area (Å²) in [5, 5.41) is 26.8. The molecule has 174 valence electrons. The summed E-state index contributed by atoms with van der Waals surface area (Å²) < 4.78 is 10.7. The van der Waals surface area contributed by atoms with Gasteiger partial charge in [-0.1, -0.05) is 24.4 Å². The number of benzene rings is 1. The maximum Gasteiger partial charge on any atom is 0.337 e. The summed E-state index contributed by atoms with van der Waals surface area (Å²) >= 11 is 1.08. The van der Waals surface area contributed by atoms with Crippen LogP contribution in [-0.2, 0) is 14.3 Å². The van der Waals surface area contributed by atoms with Gasteiger partial charge >= 0.3 is 5.97 Å². The van der Waals surface area contributed by atoms with Crippen molar-refractivity contribution in [3.63, 3.8) is 0 Å². The maximum atomic E-state index is 12.7. The van der Waals surface area contributed by atoms with E-state index in [0.717, 1.165) is 11.8 Å². The highest BCUT2D eigenvalue weighted by molar-refractivity contribution is 8.03. The summed E-state index contributed by atoms with van der Waals surface area (Å²) in [6, 6.07) is 10.9. The number of dihydropyridines is 1. The molecule has 0 unspecified atom stereocenters. The molecule has 0 saturated carbocycles. The highest BCUT2D eigenvalue weighted by atomic mass is 32.2. The molecule has 1 atom stereocenters. The van der Waals surface area contributed by atoms with E-state index < -0.39 is 16.8 Å². The molecule has 10 nitrogen and oxygen atoms in total. The van der Waals surface area contributed by atoms with E-state index >= 15 is 0 Å². The molecule has 0 saturated heterocycles. The summed E-state index contributed by atoms with van der Waals surface area (Å²) in [7, 11) is 0. The largest absolute Gasteiger partial charge is 0.468 e. The van der Waals surface area contributed by atoms with E-state index in [9.17, 15) is 25.0 Å². The minimum absolute atomic E-state index is 0.0104. The molecule has 2 heterocycles. The number of anilines is 1. The first-order valence-corrected chi connectivity index (χ1v) is 10.9. The third-order valence-electron chi connectivity index (χ3n) is 4.74. The molecule has 0 spiro atoms. The third kappa shape index (κ3) is 5.54. The van der Waals surface area contributed by atoms with Gasteiger partial charge in [0.05, 0.1) is 45.1 Å². The van der Waals surface area contributed by atoms with E-state index in [4.69, 9.17) is 9.15 Å². The van der Waals surface area contributed by atoms with Crippen molar-refractivity contribution in [3.8, 4) is 6.07 Å². The van der Waals surface area contributed by atoms with Crippen LogP contribution < -0.4 is 10.6 Å². The average molecular weight is 481 g/mol. The number of hydrogen-bond donors (Lipinski definition) is 2. The number of carbonyl (C=O) groups is 2. The van der Waals surface area contributed by atoms with Crippen molar-refractivity contribution in [3.05, 3.63) is 93.1 Å². The first-order valence-electron chi connectivity index (χ1n) is 9.96. The normalized spacial score (nSPS) is 15.2. The zero-order valence-corrected chi connectivity index (χ0v) is 18.9. The van der Waals surface area contributed by atoms with E-state index in [1.54, 1.807) is 19.1 Å². The Labute approximate surface area is 199 Å². The first kappa shape index (κ1) is 24.3. The fraction of sp³-hybridized carbons (Fsp3) is 0.174. The minimum atomic E-state index is -0.807. The monoisotopic (exact) mass is 480 g/mol. The number of non-ortho nitro benzene ring substituents is 1. The summed E-state index contributed by atoms with van der Waals surface area (Å²) in [5.74, 6) is -1.47. The number of amides is 1. The number of nitrogens with zero attached hydrogens (tertiary/aromatic N) is 2. The van der Waals surface area contributed by atoms with Gasteiger partial charge in [0.25, 0.3) is 5.69 Å². The highest BCUT2D eigenvalue weighted by Crippen LogP contribution is 2.41. The predicted molar refractivity (Wildman–Crippen MR) is 125 cm³/mol. The van der Waals surface area contributed by atoms with Crippen molar-refractivity contribution < 1.29 is 23.7 Å². The van der Waals surface area contributed by atoms with Gasteiger partial charge in [-0.25, -0.2) is 4.79 Å². The summed E-state index contributed by atoms with van der Waals surface area (Å²) in [6.45, 7) is 5.21. The number of rotatable bonds is 9. The SMILES string of the molecule is C=CCOC(=O)C1=C(C)NC(SCC(=O)Nc2ccc([N+](=O)[O-])cc2)=C(C#N)[C@@H]1c1ccco1. The van der Waals surface area contributed by atoms with Gasteiger partial charge in [-0.05, 0) is 31.2 Å². The fourth-order valence-corrected chi connectivity index (χ4v) is 4.14. The van der Waals surface area contributed by atoms with Crippen LogP contribution in [0.25, 0.3) is 0 Å². The minimum Gasteiger partial charge on any atom is -0.468 e. The van der Waals surface area contributed by atoms with Gasteiger partial charge in [-0.15, -0.1) is 0 Å². The van der Waals surface area contributed by atoms with Crippen LogP contribution in [0.3, 0.4) is 0 Å². The molecule has 1 aliphatic heterocycles. The number of thioether (sulfide) groups is 1. The van der Waals surface area contributed by atoms with Gasteiger partial charge in [0, 0.05) is 23.5 Å². The van der Waals surface area contributed by atoms with Crippen molar-refractivity contribution in [2.75, 3.05) is 17.7 Å². The Hall–Kier alpha value is -4.30. The third-order valence-corrected chi connectivity index (χ3v) is 5.75. The number of carbonyl (C=O) groups excluding carboxylic acids is 2. The van der Waals surface area contributed by atoms with Gasteiger partial charge < -0.3 is 19.8 Å². The number of hydrogen-bond acceptors (Lipinski definition) is 9. The predicted octanol–water partition coefficient (Wildman–Crippen LogP) is 3.98. The van der Waals surface area contributed by atoms with Crippen molar-refractivity contribution in [2.45, 2.75) is 12.8 Å². The second kappa shape index (κ2) is 11.0. The number of furan rings is 1. The summed E-state index contributed by atoms with van der Waals surface area (Å²) in [4.78, 5) is 35.4. The van der Waals surface area contributed by atoms with Crippen LogP contribution >= 0.6 is 11.8 Å². The Balaban J connectivity index is 1.79. The van der Waals surface area contributed by atoms with Gasteiger partial charge in [-0.2, -0.15) is 5.26 Å². The second-order valence-electron chi connectivity index (χ2n) is 6.99. The fourth-order valence-electron chi connectivity index (χ4n) is 3.25. The molecule has 0 radical (unpaired) electrons. The standard InChI is InChI=1S/C23H20N4O6S/c1-3-10-33-23(29)20-14(2)25-22(17(12-24)21(20)18-5-4-11-32-18)34-13-19(28)26-15-6-8-16(9-7-15)27(30)31/h3-9,11,21,25H,1,10,13H2,2H3,(H,26,28)/t21-/m1/s1. The summed E-state index contributed by atoms with van der Waals surface area (Å²) in [6.07, 6.45) is 2.89. The highest BCUT2D eigenvalue weighted by Gasteiger charge is 2.37. The molecule has 0 fully saturated rings. The molecule has 0 aliphatic carbocycles. The van der Waals surface area contributed by atoms with Crippen molar-refractivity contribution in [1.82, 2.24) is 5.32 Å². The number of nitriles is 1. The molecule has 2 N–H and O–H groups in total. The van der Waals surface area contributed by atoms with Gasteiger partial charge in [-0.3, -0.25) is 14.9 Å². The number of allylic oxidation sites excluding steroid dienone is 2. The lowest BCUT2D eigenvalue weighted by molar-refractivity contribution is -0.384. The average Bonchev–Trinajstić information content (AvgIpc) is 3.35. The Morgan fingerprint density at radius 2 is 2.12 bits per heavy atom. The van der Waals surface area contributed by atoms with Crippen LogP contribution in [0.5, 0.6) is 0 Å². The number of nitrogens with one attached hydrogen (secondary N) is 2. The quantitative estimate of drug-likeness (QED) is 0.235. The molecule has 1 aromatic carbocycles. The lowest BCUT2D eigenvalue weighted by Crippen LogP contribution is -2.29. The number of ether oxygens (including phenoxy) is 1. The van der Waals surface area contributed by atoms with E-state index in [2.05, 4.69) is 23.3 Å². The van der Waals surface area contributed by atoms with E-state index in [1.165, 1.54) is 36.6 Å². The molecule has 1 aliphatic rings. The maximum absolute atomic E-state index is 12.7. The first-order chi connectivity index (χ1) is 16.3. The molecule has 11 heteroatoms. The number of nitro groups is 1.